The molecule has 0 radical (unpaired) electrons. The Morgan fingerprint density at radius 1 is 1.19 bits per heavy atom. The molecule has 8 nitrogen and oxygen atoms in total. The van der Waals surface area contributed by atoms with Crippen molar-refractivity contribution in [3.8, 4) is 0 Å². The second-order valence-electron chi connectivity index (χ2n) is 6.24. The molecule has 1 aliphatic heterocycles. The maximum absolute atomic E-state index is 12.4. The number of para-hydroxylation sites is 1. The maximum Gasteiger partial charge on any atom is 0.409 e. The lowest BCUT2D eigenvalue weighted by Crippen LogP contribution is -2.51. The molecule has 27 heavy (non-hydrogen) atoms. The summed E-state index contributed by atoms with van der Waals surface area (Å²) in [5.41, 5.74) is 0.514. The quantitative estimate of drug-likeness (QED) is 0.788. The molecular weight excluding hydrogens is 372 g/mol. The number of carbonyl (C=O) groups excluding carboxylic acids is 3. The van der Waals surface area contributed by atoms with Crippen LogP contribution in [0, 0.1) is 0 Å². The average Bonchev–Trinajstić information content (AvgIpc) is 2.64. The third-order valence-corrected chi connectivity index (χ3v) is 4.54. The molecule has 1 N–H and O–H groups in total. The Balaban J connectivity index is 1.75. The number of hydrogen-bond donors (Lipinski definition) is 1. The third-order valence-electron chi connectivity index (χ3n) is 4.21. The lowest BCUT2D eigenvalue weighted by atomic mass is 10.3. The zero-order chi connectivity index (χ0) is 19.8. The molecule has 9 heteroatoms. The Labute approximate surface area is 164 Å². The number of hydrogen-bond acceptors (Lipinski definition) is 5. The van der Waals surface area contributed by atoms with E-state index in [9.17, 15) is 14.4 Å². The third kappa shape index (κ3) is 6.41. The van der Waals surface area contributed by atoms with Gasteiger partial charge in [0.25, 0.3) is 0 Å². The van der Waals surface area contributed by atoms with Crippen LogP contribution in [0.5, 0.6) is 0 Å². The molecule has 0 atom stereocenters. The number of likely N-dealkylation sites (N-methyl/N-ethyl adjacent to an activating group) is 1. The number of nitrogens with zero attached hydrogens (tertiary/aromatic N) is 3. The standard InChI is InChI=1S/C18H25ClN4O4/c1-3-27-18(26)23-10-8-22(9-11-23)13-17(25)21(2)12-16(24)20-15-7-5-4-6-14(15)19/h4-7H,3,8-13H2,1-2H3,(H,20,24). The van der Waals surface area contributed by atoms with Gasteiger partial charge in [-0.05, 0) is 19.1 Å². The van der Waals surface area contributed by atoms with E-state index in [2.05, 4.69) is 5.32 Å². The van der Waals surface area contributed by atoms with Gasteiger partial charge in [-0.25, -0.2) is 4.79 Å². The fourth-order valence-electron chi connectivity index (χ4n) is 2.67. The molecule has 1 aliphatic rings. The SMILES string of the molecule is CCOC(=O)N1CCN(CC(=O)N(C)CC(=O)Nc2ccccc2Cl)CC1. The minimum atomic E-state index is -0.322. The van der Waals surface area contributed by atoms with Gasteiger partial charge in [0.05, 0.1) is 30.4 Å². The minimum absolute atomic E-state index is 0.0627. The van der Waals surface area contributed by atoms with Crippen LogP contribution in [0.1, 0.15) is 6.92 Å². The highest BCUT2D eigenvalue weighted by atomic mass is 35.5. The van der Waals surface area contributed by atoms with E-state index in [-0.39, 0.29) is 31.0 Å². The molecule has 2 rings (SSSR count). The summed E-state index contributed by atoms with van der Waals surface area (Å²) in [5, 5.41) is 3.14. The number of halogens is 1. The first kappa shape index (κ1) is 21.0. The summed E-state index contributed by atoms with van der Waals surface area (Å²) in [5.74, 6) is -0.472. The fourth-order valence-corrected chi connectivity index (χ4v) is 2.85. The second kappa shape index (κ2) is 10.1. The van der Waals surface area contributed by atoms with Crippen LogP contribution in [0.25, 0.3) is 0 Å². The first-order valence-corrected chi connectivity index (χ1v) is 9.21. The van der Waals surface area contributed by atoms with Gasteiger partial charge in [0, 0.05) is 33.2 Å². The van der Waals surface area contributed by atoms with Crippen molar-refractivity contribution < 1.29 is 19.1 Å². The van der Waals surface area contributed by atoms with Gasteiger partial charge in [-0.1, -0.05) is 23.7 Å². The molecule has 148 valence electrons. The van der Waals surface area contributed by atoms with Gasteiger partial charge in [-0.15, -0.1) is 0 Å². The van der Waals surface area contributed by atoms with Gasteiger partial charge in [0.15, 0.2) is 0 Å². The number of nitrogens with one attached hydrogen (secondary N) is 1. The summed E-state index contributed by atoms with van der Waals surface area (Å²) in [6.45, 7) is 4.46. The molecule has 3 amide bonds. The molecule has 0 aromatic heterocycles. The number of benzene rings is 1. The lowest BCUT2D eigenvalue weighted by molar-refractivity contribution is -0.134. The Hall–Kier alpha value is -2.32. The normalized spacial score (nSPS) is 14.6. The number of carbonyl (C=O) groups is 3. The number of ether oxygens (including phenoxy) is 1. The van der Waals surface area contributed by atoms with E-state index in [0.717, 1.165) is 0 Å². The highest BCUT2D eigenvalue weighted by molar-refractivity contribution is 6.33. The Morgan fingerprint density at radius 3 is 2.48 bits per heavy atom. The molecular formula is C18H25ClN4O4. The molecule has 0 aliphatic carbocycles. The molecule has 1 heterocycles. The summed E-state index contributed by atoms with van der Waals surface area (Å²) in [6.07, 6.45) is -0.322. The predicted molar refractivity (Wildman–Crippen MR) is 103 cm³/mol. The zero-order valence-corrected chi connectivity index (χ0v) is 16.4. The van der Waals surface area contributed by atoms with Crippen molar-refractivity contribution in [2.45, 2.75) is 6.92 Å². The lowest BCUT2D eigenvalue weighted by Gasteiger charge is -2.34. The van der Waals surface area contributed by atoms with Crippen molar-refractivity contribution in [1.82, 2.24) is 14.7 Å². The van der Waals surface area contributed by atoms with Crippen molar-refractivity contribution >= 4 is 35.2 Å². The van der Waals surface area contributed by atoms with Crippen molar-refractivity contribution in [2.24, 2.45) is 0 Å². The number of piperazine rings is 1. The summed E-state index contributed by atoms with van der Waals surface area (Å²) in [6, 6.07) is 6.93. The Kier molecular flexibility index (Phi) is 7.87. The van der Waals surface area contributed by atoms with E-state index in [4.69, 9.17) is 16.3 Å². The highest BCUT2D eigenvalue weighted by Gasteiger charge is 2.24. The second-order valence-corrected chi connectivity index (χ2v) is 6.65. The Morgan fingerprint density at radius 2 is 1.85 bits per heavy atom. The van der Waals surface area contributed by atoms with E-state index < -0.39 is 0 Å². The molecule has 1 saturated heterocycles. The van der Waals surface area contributed by atoms with Crippen molar-refractivity contribution in [2.75, 3.05) is 58.2 Å². The van der Waals surface area contributed by atoms with Gasteiger partial charge in [0.2, 0.25) is 11.8 Å². The van der Waals surface area contributed by atoms with Crippen LogP contribution in [-0.4, -0.2) is 85.5 Å². The first-order chi connectivity index (χ1) is 12.9. The topological polar surface area (TPSA) is 82.2 Å². The largest absolute Gasteiger partial charge is 0.450 e. The predicted octanol–water partition coefficient (Wildman–Crippen LogP) is 1.51. The molecule has 1 fully saturated rings. The molecule has 0 bridgehead atoms. The van der Waals surface area contributed by atoms with Crippen molar-refractivity contribution in [3.63, 3.8) is 0 Å². The molecule has 0 spiro atoms. The van der Waals surface area contributed by atoms with E-state index in [1.165, 1.54) is 4.90 Å². The smallest absolute Gasteiger partial charge is 0.409 e. The van der Waals surface area contributed by atoms with Crippen LogP contribution in [0.3, 0.4) is 0 Å². The van der Waals surface area contributed by atoms with Gasteiger partial charge in [0.1, 0.15) is 0 Å². The summed E-state index contributed by atoms with van der Waals surface area (Å²) >= 11 is 6.01. The number of anilines is 1. The molecule has 1 aromatic carbocycles. The average molecular weight is 397 g/mol. The van der Waals surface area contributed by atoms with E-state index >= 15 is 0 Å². The highest BCUT2D eigenvalue weighted by Crippen LogP contribution is 2.20. The summed E-state index contributed by atoms with van der Waals surface area (Å²) in [7, 11) is 1.59. The van der Waals surface area contributed by atoms with Crippen LogP contribution in [0.2, 0.25) is 5.02 Å². The first-order valence-electron chi connectivity index (χ1n) is 8.83. The van der Waals surface area contributed by atoms with Crippen LogP contribution in [0.4, 0.5) is 10.5 Å². The molecule has 0 saturated carbocycles. The molecule has 1 aromatic rings. The Bertz CT molecular complexity index is 677. The van der Waals surface area contributed by atoms with E-state index in [1.54, 1.807) is 43.1 Å². The maximum atomic E-state index is 12.4. The van der Waals surface area contributed by atoms with Gasteiger partial charge < -0.3 is 19.9 Å². The van der Waals surface area contributed by atoms with Crippen LogP contribution in [-0.2, 0) is 14.3 Å². The summed E-state index contributed by atoms with van der Waals surface area (Å²) < 4.78 is 4.98. The molecule has 0 unspecified atom stereocenters. The van der Waals surface area contributed by atoms with E-state index in [1.807, 2.05) is 4.90 Å². The van der Waals surface area contributed by atoms with Gasteiger partial charge in [-0.3, -0.25) is 14.5 Å². The number of rotatable bonds is 6. The van der Waals surface area contributed by atoms with Gasteiger partial charge >= 0.3 is 6.09 Å². The van der Waals surface area contributed by atoms with Crippen LogP contribution < -0.4 is 5.32 Å². The number of amides is 3. The van der Waals surface area contributed by atoms with Gasteiger partial charge in [-0.2, -0.15) is 0 Å². The fraction of sp³-hybridized carbons (Fsp3) is 0.500. The zero-order valence-electron chi connectivity index (χ0n) is 15.6. The minimum Gasteiger partial charge on any atom is -0.450 e. The van der Waals surface area contributed by atoms with Crippen molar-refractivity contribution in [1.29, 1.82) is 0 Å². The van der Waals surface area contributed by atoms with Crippen LogP contribution in [0.15, 0.2) is 24.3 Å². The van der Waals surface area contributed by atoms with Crippen LogP contribution >= 0.6 is 11.6 Å². The monoisotopic (exact) mass is 396 g/mol. The summed E-state index contributed by atoms with van der Waals surface area (Å²) in [4.78, 5) is 41.1. The van der Waals surface area contributed by atoms with Crippen molar-refractivity contribution in [3.05, 3.63) is 29.3 Å². The van der Waals surface area contributed by atoms with E-state index in [0.29, 0.717) is 43.5 Å².